The summed E-state index contributed by atoms with van der Waals surface area (Å²) in [7, 11) is 0. The molecule has 3 unspecified atom stereocenters. The lowest BCUT2D eigenvalue weighted by Gasteiger charge is -2.49. The van der Waals surface area contributed by atoms with Crippen LogP contribution in [0.3, 0.4) is 0 Å². The molecule has 3 atom stereocenters. The Morgan fingerprint density at radius 2 is 1.90 bits per heavy atom. The molecule has 1 aromatic heterocycles. The molecule has 1 aliphatic rings. The number of halogens is 1. The maximum absolute atomic E-state index is 13.3. The van der Waals surface area contributed by atoms with Crippen molar-refractivity contribution in [1.82, 2.24) is 10.2 Å². The first kappa shape index (κ1) is 20.7. The number of likely N-dealkylation sites (tertiary alicyclic amines) is 1. The maximum atomic E-state index is 13.3. The molecule has 2 aromatic carbocycles. The van der Waals surface area contributed by atoms with E-state index in [1.165, 1.54) is 29.1 Å². The fourth-order valence-electron chi connectivity index (χ4n) is 4.11. The van der Waals surface area contributed by atoms with Crippen molar-refractivity contribution in [2.75, 3.05) is 6.54 Å². The van der Waals surface area contributed by atoms with Crippen LogP contribution in [0.2, 0.25) is 0 Å². The highest BCUT2D eigenvalue weighted by Crippen LogP contribution is 2.38. The van der Waals surface area contributed by atoms with E-state index in [9.17, 15) is 14.3 Å². The lowest BCUT2D eigenvalue weighted by molar-refractivity contribution is -0.0662. The van der Waals surface area contributed by atoms with E-state index in [4.69, 9.17) is 0 Å². The summed E-state index contributed by atoms with van der Waals surface area (Å²) in [6, 6.07) is 18.9. The van der Waals surface area contributed by atoms with Crippen LogP contribution < -0.4 is 5.32 Å². The maximum Gasteiger partial charge on any atom is 0.251 e. The molecule has 0 bridgehead atoms. The summed E-state index contributed by atoms with van der Waals surface area (Å²) < 4.78 is 13.3. The predicted octanol–water partition coefficient (Wildman–Crippen LogP) is 4.38. The molecule has 0 aliphatic carbocycles. The van der Waals surface area contributed by atoms with Crippen LogP contribution in [0.4, 0.5) is 4.39 Å². The highest BCUT2D eigenvalue weighted by molar-refractivity contribution is 7.09. The van der Waals surface area contributed by atoms with Crippen molar-refractivity contribution >= 4 is 17.2 Å². The van der Waals surface area contributed by atoms with E-state index in [1.54, 1.807) is 18.3 Å². The molecule has 2 N–H and O–H groups in total. The van der Waals surface area contributed by atoms with Crippen molar-refractivity contribution in [3.05, 3.63) is 93.9 Å². The van der Waals surface area contributed by atoms with Gasteiger partial charge in [-0.2, -0.15) is 0 Å². The first-order valence-electron chi connectivity index (χ1n) is 10.0. The number of carbonyl (C=O) groups is 1. The van der Waals surface area contributed by atoms with Gasteiger partial charge in [0.2, 0.25) is 0 Å². The number of piperidine rings is 1. The van der Waals surface area contributed by atoms with Gasteiger partial charge in [-0.1, -0.05) is 36.4 Å². The number of aliphatic hydroxyl groups is 1. The van der Waals surface area contributed by atoms with Crippen molar-refractivity contribution in [1.29, 1.82) is 0 Å². The minimum atomic E-state index is -1.08. The summed E-state index contributed by atoms with van der Waals surface area (Å²) in [4.78, 5) is 16.5. The van der Waals surface area contributed by atoms with E-state index >= 15 is 0 Å². The molecule has 30 heavy (non-hydrogen) atoms. The zero-order valence-corrected chi connectivity index (χ0v) is 17.6. The SMILES string of the molecule is CC1(O)CCN(Cc2cccs2)C(c2ccccc2)C1NC(=O)c1ccc(F)cc1. The third-order valence-electron chi connectivity index (χ3n) is 5.76. The highest BCUT2D eigenvalue weighted by atomic mass is 32.1. The van der Waals surface area contributed by atoms with Crippen LogP contribution in [-0.2, 0) is 6.54 Å². The monoisotopic (exact) mass is 424 g/mol. The second kappa shape index (κ2) is 8.68. The zero-order valence-electron chi connectivity index (χ0n) is 16.8. The van der Waals surface area contributed by atoms with Gasteiger partial charge in [0.25, 0.3) is 5.91 Å². The van der Waals surface area contributed by atoms with E-state index in [2.05, 4.69) is 21.7 Å². The molecule has 0 saturated carbocycles. The Hall–Kier alpha value is -2.54. The first-order valence-corrected chi connectivity index (χ1v) is 10.9. The van der Waals surface area contributed by atoms with E-state index in [-0.39, 0.29) is 17.8 Å². The average molecular weight is 425 g/mol. The summed E-state index contributed by atoms with van der Waals surface area (Å²) in [6.07, 6.45) is 0.538. The van der Waals surface area contributed by atoms with Gasteiger partial charge in [-0.25, -0.2) is 4.39 Å². The summed E-state index contributed by atoms with van der Waals surface area (Å²) in [5.41, 5.74) is 0.329. The number of thiophene rings is 1. The molecule has 1 amide bonds. The van der Waals surface area contributed by atoms with E-state index in [0.717, 1.165) is 12.1 Å². The number of hydrogen-bond acceptors (Lipinski definition) is 4. The van der Waals surface area contributed by atoms with Gasteiger partial charge < -0.3 is 10.4 Å². The molecule has 1 saturated heterocycles. The molecule has 2 heterocycles. The molecular formula is C24H25FN2O2S. The number of carbonyl (C=O) groups excluding carboxylic acids is 1. The van der Waals surface area contributed by atoms with Gasteiger partial charge >= 0.3 is 0 Å². The third-order valence-corrected chi connectivity index (χ3v) is 6.62. The summed E-state index contributed by atoms with van der Waals surface area (Å²) in [6.45, 7) is 3.24. The fraction of sp³-hybridized carbons (Fsp3) is 0.292. The third kappa shape index (κ3) is 4.46. The van der Waals surface area contributed by atoms with Crippen molar-refractivity contribution < 1.29 is 14.3 Å². The van der Waals surface area contributed by atoms with Crippen LogP contribution >= 0.6 is 11.3 Å². The number of rotatable bonds is 5. The molecule has 3 aromatic rings. The lowest BCUT2D eigenvalue weighted by Crippen LogP contribution is -2.62. The Kier molecular flexibility index (Phi) is 5.99. The topological polar surface area (TPSA) is 52.6 Å². The molecule has 4 rings (SSSR count). The van der Waals surface area contributed by atoms with Gasteiger partial charge in [0, 0.05) is 23.5 Å². The van der Waals surface area contributed by atoms with E-state index in [1.807, 2.05) is 36.4 Å². The highest BCUT2D eigenvalue weighted by Gasteiger charge is 2.46. The Balaban J connectivity index is 1.67. The van der Waals surface area contributed by atoms with Crippen LogP contribution in [0, 0.1) is 5.82 Å². The molecule has 6 heteroatoms. The minimum Gasteiger partial charge on any atom is -0.388 e. The fourth-order valence-corrected chi connectivity index (χ4v) is 4.84. The minimum absolute atomic E-state index is 0.193. The Morgan fingerprint density at radius 1 is 1.17 bits per heavy atom. The summed E-state index contributed by atoms with van der Waals surface area (Å²) in [5.74, 6) is -0.709. The van der Waals surface area contributed by atoms with Crippen LogP contribution in [0.15, 0.2) is 72.1 Å². The number of benzene rings is 2. The molecule has 4 nitrogen and oxygen atoms in total. The van der Waals surface area contributed by atoms with E-state index < -0.39 is 11.6 Å². The number of nitrogens with zero attached hydrogens (tertiary/aromatic N) is 1. The summed E-state index contributed by atoms with van der Waals surface area (Å²) >= 11 is 1.70. The van der Waals surface area contributed by atoms with Gasteiger partial charge in [-0.3, -0.25) is 9.69 Å². The smallest absolute Gasteiger partial charge is 0.251 e. The van der Waals surface area contributed by atoms with Gasteiger partial charge in [0.05, 0.1) is 17.7 Å². The Bertz CT molecular complexity index is 974. The van der Waals surface area contributed by atoms with Gasteiger partial charge in [0.15, 0.2) is 0 Å². The van der Waals surface area contributed by atoms with Crippen LogP contribution in [0.1, 0.15) is 40.2 Å². The van der Waals surface area contributed by atoms with Crippen molar-refractivity contribution in [2.45, 2.75) is 37.6 Å². The van der Waals surface area contributed by atoms with Crippen molar-refractivity contribution in [2.24, 2.45) is 0 Å². The summed E-state index contributed by atoms with van der Waals surface area (Å²) in [5, 5.41) is 16.4. The lowest BCUT2D eigenvalue weighted by atomic mass is 9.79. The van der Waals surface area contributed by atoms with Gasteiger partial charge in [-0.15, -0.1) is 11.3 Å². The second-order valence-electron chi connectivity index (χ2n) is 7.97. The van der Waals surface area contributed by atoms with Crippen LogP contribution in [0.25, 0.3) is 0 Å². The molecule has 1 fully saturated rings. The second-order valence-corrected chi connectivity index (χ2v) is 9.00. The number of hydrogen-bond donors (Lipinski definition) is 2. The van der Waals surface area contributed by atoms with Crippen LogP contribution in [0.5, 0.6) is 0 Å². The van der Waals surface area contributed by atoms with E-state index in [0.29, 0.717) is 18.5 Å². The van der Waals surface area contributed by atoms with Crippen LogP contribution in [-0.4, -0.2) is 34.1 Å². The van der Waals surface area contributed by atoms with Gasteiger partial charge in [-0.05, 0) is 54.6 Å². The molecule has 1 aliphatic heterocycles. The molecular weight excluding hydrogens is 399 g/mol. The first-order chi connectivity index (χ1) is 14.4. The molecule has 0 radical (unpaired) electrons. The number of nitrogens with one attached hydrogen (secondary N) is 1. The predicted molar refractivity (Wildman–Crippen MR) is 117 cm³/mol. The quantitative estimate of drug-likeness (QED) is 0.639. The Morgan fingerprint density at radius 3 is 2.57 bits per heavy atom. The zero-order chi connectivity index (χ0) is 21.1. The van der Waals surface area contributed by atoms with Crippen molar-refractivity contribution in [3.63, 3.8) is 0 Å². The molecule has 156 valence electrons. The van der Waals surface area contributed by atoms with Crippen molar-refractivity contribution in [3.8, 4) is 0 Å². The normalized spacial score (nSPS) is 24.5. The largest absolute Gasteiger partial charge is 0.388 e. The average Bonchev–Trinajstić information content (AvgIpc) is 3.25. The molecule has 0 spiro atoms. The Labute approximate surface area is 180 Å². The van der Waals surface area contributed by atoms with Gasteiger partial charge in [0.1, 0.15) is 5.82 Å². The number of amides is 1. The standard InChI is InChI=1S/C24H25FN2O2S/c1-24(29)13-14-27(16-20-8-5-15-30-20)21(17-6-3-2-4-7-17)22(24)26-23(28)18-9-11-19(25)12-10-18/h2-12,15,21-22,29H,13-14,16H2,1H3,(H,26,28).